The number of allylic oxidation sites excluding steroid dienone is 3. The van der Waals surface area contributed by atoms with Crippen molar-refractivity contribution < 1.29 is 0 Å². The van der Waals surface area contributed by atoms with Gasteiger partial charge in [-0.3, -0.25) is 0 Å². The summed E-state index contributed by atoms with van der Waals surface area (Å²) >= 11 is 0. The van der Waals surface area contributed by atoms with Gasteiger partial charge < -0.3 is 5.01 Å². The third kappa shape index (κ3) is 1.61. The highest BCUT2D eigenvalue weighted by molar-refractivity contribution is 5.09. The van der Waals surface area contributed by atoms with E-state index in [0.29, 0.717) is 0 Å². The van der Waals surface area contributed by atoms with E-state index in [9.17, 15) is 0 Å². The van der Waals surface area contributed by atoms with E-state index in [1.807, 2.05) is 19.2 Å². The quantitative estimate of drug-likeness (QED) is 0.587. The van der Waals surface area contributed by atoms with Gasteiger partial charge in [-0.1, -0.05) is 12.7 Å². The van der Waals surface area contributed by atoms with Crippen LogP contribution in [0.5, 0.6) is 0 Å². The Kier molecular flexibility index (Phi) is 2.51. The van der Waals surface area contributed by atoms with Gasteiger partial charge in [-0.05, 0) is 18.9 Å². The maximum atomic E-state index is 3.66. The molecule has 1 fully saturated rings. The fourth-order valence-electron chi connectivity index (χ4n) is 1.12. The van der Waals surface area contributed by atoms with Gasteiger partial charge in [-0.25, -0.2) is 5.43 Å². The second kappa shape index (κ2) is 3.42. The Bertz CT molecular complexity index is 149. The van der Waals surface area contributed by atoms with Gasteiger partial charge in [0.1, 0.15) is 0 Å². The Hall–Kier alpha value is -0.760. The van der Waals surface area contributed by atoms with Crippen LogP contribution >= 0.6 is 0 Å². The van der Waals surface area contributed by atoms with Gasteiger partial charge in [0.25, 0.3) is 0 Å². The number of hydrogen-bond acceptors (Lipinski definition) is 2. The first-order valence-electron chi connectivity index (χ1n) is 3.63. The molecule has 1 N–H and O–H groups in total. The molecule has 1 rings (SSSR count). The average Bonchev–Trinajstić information content (AvgIpc) is 1.94. The zero-order valence-electron chi connectivity index (χ0n) is 6.43. The minimum absolute atomic E-state index is 1.09. The Morgan fingerprint density at radius 1 is 1.70 bits per heavy atom. The first-order valence-corrected chi connectivity index (χ1v) is 3.63. The van der Waals surface area contributed by atoms with Crippen LogP contribution in [-0.4, -0.2) is 18.6 Å². The van der Waals surface area contributed by atoms with Gasteiger partial charge in [0.2, 0.25) is 0 Å². The molecule has 0 bridgehead atoms. The molecule has 0 aromatic rings. The van der Waals surface area contributed by atoms with Crippen LogP contribution in [0.25, 0.3) is 0 Å². The highest BCUT2D eigenvalue weighted by atomic mass is 15.5. The van der Waals surface area contributed by atoms with Crippen molar-refractivity contribution in [1.29, 1.82) is 0 Å². The fourth-order valence-corrected chi connectivity index (χ4v) is 1.12. The summed E-state index contributed by atoms with van der Waals surface area (Å²) in [6.45, 7) is 4.75. The summed E-state index contributed by atoms with van der Waals surface area (Å²) in [7, 11) is 2.04. The van der Waals surface area contributed by atoms with Gasteiger partial charge >= 0.3 is 0 Å². The van der Waals surface area contributed by atoms with Gasteiger partial charge in [-0.15, -0.1) is 0 Å². The van der Waals surface area contributed by atoms with E-state index in [1.165, 1.54) is 12.1 Å². The van der Waals surface area contributed by atoms with Gasteiger partial charge in [0, 0.05) is 19.3 Å². The Labute approximate surface area is 62.2 Å². The Morgan fingerprint density at radius 2 is 2.50 bits per heavy atom. The molecule has 1 aliphatic rings. The molecule has 0 aromatic heterocycles. The van der Waals surface area contributed by atoms with Crippen LogP contribution in [0.3, 0.4) is 0 Å². The molecular weight excluding hydrogens is 124 g/mol. The topological polar surface area (TPSA) is 15.3 Å². The number of rotatable bonds is 1. The predicted molar refractivity (Wildman–Crippen MR) is 43.3 cm³/mol. The van der Waals surface area contributed by atoms with E-state index in [1.54, 1.807) is 0 Å². The van der Waals surface area contributed by atoms with Gasteiger partial charge in [0.15, 0.2) is 0 Å². The first kappa shape index (κ1) is 7.35. The minimum Gasteiger partial charge on any atom is -0.316 e. The van der Waals surface area contributed by atoms with Crippen LogP contribution in [0.2, 0.25) is 0 Å². The van der Waals surface area contributed by atoms with Crippen LogP contribution in [0.15, 0.2) is 24.4 Å². The molecule has 0 saturated carbocycles. The van der Waals surface area contributed by atoms with Gasteiger partial charge in [0.05, 0.1) is 0 Å². The van der Waals surface area contributed by atoms with Crippen molar-refractivity contribution in [2.45, 2.75) is 12.8 Å². The van der Waals surface area contributed by atoms with Crippen LogP contribution < -0.4 is 5.43 Å². The molecule has 0 unspecified atom stereocenters. The molecule has 56 valence electrons. The average molecular weight is 138 g/mol. The first-order chi connectivity index (χ1) is 4.84. The number of nitrogens with one attached hydrogen (secondary N) is 1. The Balaban J connectivity index is 2.55. The molecular formula is C8H14N2. The van der Waals surface area contributed by atoms with Crippen molar-refractivity contribution in [1.82, 2.24) is 10.4 Å². The second-order valence-corrected chi connectivity index (χ2v) is 2.46. The highest BCUT2D eigenvalue weighted by Gasteiger charge is 2.07. The van der Waals surface area contributed by atoms with Crippen molar-refractivity contribution in [3.8, 4) is 0 Å². The zero-order valence-corrected chi connectivity index (χ0v) is 6.43. The summed E-state index contributed by atoms with van der Waals surface area (Å²) in [4.78, 5) is 0. The second-order valence-electron chi connectivity index (χ2n) is 2.46. The summed E-state index contributed by atoms with van der Waals surface area (Å²) in [5, 5.41) is 2.06. The fraction of sp³-hybridized carbons (Fsp3) is 0.500. The standard InChI is InChI=1S/C8H14N2/c1-3-5-8-6-4-7-9-10(8)2/h3,5,9H,1,4,6-7H2,2H3/b8-5+. The third-order valence-electron chi connectivity index (χ3n) is 1.70. The molecule has 2 heteroatoms. The molecule has 0 spiro atoms. The molecule has 1 aliphatic heterocycles. The maximum absolute atomic E-state index is 3.66. The molecule has 10 heavy (non-hydrogen) atoms. The molecule has 0 atom stereocenters. The van der Waals surface area contributed by atoms with Crippen molar-refractivity contribution in [3.63, 3.8) is 0 Å². The van der Waals surface area contributed by atoms with Crippen LogP contribution in [0.1, 0.15) is 12.8 Å². The lowest BCUT2D eigenvalue weighted by molar-refractivity contribution is 0.253. The third-order valence-corrected chi connectivity index (χ3v) is 1.70. The molecule has 1 heterocycles. The van der Waals surface area contributed by atoms with E-state index < -0.39 is 0 Å². The van der Waals surface area contributed by atoms with E-state index in [0.717, 1.165) is 13.0 Å². The van der Waals surface area contributed by atoms with Crippen LogP contribution in [0, 0.1) is 0 Å². The van der Waals surface area contributed by atoms with Crippen molar-refractivity contribution in [2.75, 3.05) is 13.6 Å². The van der Waals surface area contributed by atoms with Crippen LogP contribution in [0.4, 0.5) is 0 Å². The van der Waals surface area contributed by atoms with E-state index in [4.69, 9.17) is 0 Å². The molecule has 2 nitrogen and oxygen atoms in total. The summed E-state index contributed by atoms with van der Waals surface area (Å²) in [6, 6.07) is 0. The summed E-state index contributed by atoms with van der Waals surface area (Å²) in [5.74, 6) is 0. The van der Waals surface area contributed by atoms with E-state index in [-0.39, 0.29) is 0 Å². The highest BCUT2D eigenvalue weighted by Crippen LogP contribution is 2.11. The van der Waals surface area contributed by atoms with E-state index >= 15 is 0 Å². The summed E-state index contributed by atoms with van der Waals surface area (Å²) in [5.41, 5.74) is 4.55. The van der Waals surface area contributed by atoms with Crippen molar-refractivity contribution in [3.05, 3.63) is 24.4 Å². The smallest absolute Gasteiger partial charge is 0.0290 e. The molecule has 0 aliphatic carbocycles. The monoisotopic (exact) mass is 138 g/mol. The molecule has 0 amide bonds. The van der Waals surface area contributed by atoms with Crippen molar-refractivity contribution in [2.24, 2.45) is 0 Å². The largest absolute Gasteiger partial charge is 0.316 e. The molecule has 1 saturated heterocycles. The lowest BCUT2D eigenvalue weighted by atomic mass is 10.2. The summed E-state index contributed by atoms with van der Waals surface area (Å²) < 4.78 is 0. The van der Waals surface area contributed by atoms with Gasteiger partial charge in [-0.2, -0.15) is 0 Å². The minimum atomic E-state index is 1.09. The Morgan fingerprint density at radius 3 is 3.10 bits per heavy atom. The van der Waals surface area contributed by atoms with E-state index in [2.05, 4.69) is 17.0 Å². The summed E-state index contributed by atoms with van der Waals surface area (Å²) in [6.07, 6.45) is 6.27. The SMILES string of the molecule is C=C/C=C1\CCCNN1C. The number of hydrogen-bond donors (Lipinski definition) is 1. The molecule has 0 radical (unpaired) electrons. The lowest BCUT2D eigenvalue weighted by Gasteiger charge is -2.28. The number of hydrazine groups is 1. The lowest BCUT2D eigenvalue weighted by Crippen LogP contribution is -2.38. The maximum Gasteiger partial charge on any atom is 0.0290 e. The zero-order chi connectivity index (χ0) is 7.40. The number of nitrogens with zero attached hydrogens (tertiary/aromatic N) is 1. The normalized spacial score (nSPS) is 23.3. The van der Waals surface area contributed by atoms with Crippen LogP contribution in [-0.2, 0) is 0 Å². The molecule has 0 aromatic carbocycles. The van der Waals surface area contributed by atoms with Crippen molar-refractivity contribution >= 4 is 0 Å². The predicted octanol–water partition coefficient (Wildman–Crippen LogP) is 1.29.